The van der Waals surface area contributed by atoms with Crippen molar-refractivity contribution in [3.63, 3.8) is 0 Å². The Morgan fingerprint density at radius 2 is 2.18 bits per heavy atom. The average molecular weight is 151 g/mol. The lowest BCUT2D eigenvalue weighted by Gasteiger charge is -2.03. The zero-order valence-corrected chi connectivity index (χ0v) is 6.67. The van der Waals surface area contributed by atoms with E-state index >= 15 is 0 Å². The van der Waals surface area contributed by atoms with E-state index in [0.29, 0.717) is 6.42 Å². The molecule has 1 rings (SSSR count). The molecule has 0 aliphatic heterocycles. The van der Waals surface area contributed by atoms with Crippen LogP contribution in [0.2, 0.25) is 0 Å². The van der Waals surface area contributed by atoms with Crippen LogP contribution in [0.25, 0.3) is 0 Å². The Hall–Kier alpha value is -1.02. The number of aryl methyl sites for hydroxylation is 1. The monoisotopic (exact) mass is 151 g/mol. The standard InChI is InChI=1S/C9H13NO/c1-7-2-3-8(4-5-11)9(10)6-7/h2-3,6,11H,4-5,10H2,1H3. The van der Waals surface area contributed by atoms with E-state index < -0.39 is 0 Å². The van der Waals surface area contributed by atoms with Gasteiger partial charge in [-0.25, -0.2) is 0 Å². The molecule has 0 saturated heterocycles. The molecule has 1 aromatic rings. The van der Waals surface area contributed by atoms with Gasteiger partial charge in [0, 0.05) is 12.3 Å². The summed E-state index contributed by atoms with van der Waals surface area (Å²) in [6.45, 7) is 2.16. The van der Waals surface area contributed by atoms with E-state index in [4.69, 9.17) is 10.8 Å². The molecule has 60 valence electrons. The van der Waals surface area contributed by atoms with Crippen molar-refractivity contribution in [1.82, 2.24) is 0 Å². The lowest BCUT2D eigenvalue weighted by atomic mass is 10.1. The molecule has 0 aliphatic carbocycles. The minimum atomic E-state index is 0.160. The summed E-state index contributed by atoms with van der Waals surface area (Å²) in [6.07, 6.45) is 0.645. The molecule has 0 saturated carbocycles. The van der Waals surface area contributed by atoms with E-state index in [0.717, 1.165) is 16.8 Å². The van der Waals surface area contributed by atoms with Gasteiger partial charge in [-0.1, -0.05) is 12.1 Å². The van der Waals surface area contributed by atoms with Gasteiger partial charge in [-0.2, -0.15) is 0 Å². The predicted octanol–water partition coefficient (Wildman–Crippen LogP) is 1.11. The second-order valence-electron chi connectivity index (χ2n) is 2.68. The van der Waals surface area contributed by atoms with E-state index in [1.807, 2.05) is 25.1 Å². The van der Waals surface area contributed by atoms with Gasteiger partial charge < -0.3 is 10.8 Å². The third-order valence-electron chi connectivity index (χ3n) is 1.68. The number of nitrogens with two attached hydrogens (primary N) is 1. The van der Waals surface area contributed by atoms with E-state index in [1.54, 1.807) is 0 Å². The highest BCUT2D eigenvalue weighted by Crippen LogP contribution is 2.13. The van der Waals surface area contributed by atoms with Gasteiger partial charge in [-0.3, -0.25) is 0 Å². The van der Waals surface area contributed by atoms with Crippen molar-refractivity contribution >= 4 is 5.69 Å². The molecule has 0 atom stereocenters. The van der Waals surface area contributed by atoms with Crippen LogP contribution in [-0.4, -0.2) is 11.7 Å². The predicted molar refractivity (Wildman–Crippen MR) is 46.4 cm³/mol. The molecule has 0 fully saturated rings. The number of hydrogen-bond acceptors (Lipinski definition) is 2. The van der Waals surface area contributed by atoms with Crippen LogP contribution in [0.3, 0.4) is 0 Å². The lowest BCUT2D eigenvalue weighted by Crippen LogP contribution is -1.97. The van der Waals surface area contributed by atoms with Gasteiger partial charge in [-0.15, -0.1) is 0 Å². The van der Waals surface area contributed by atoms with Gasteiger partial charge in [0.2, 0.25) is 0 Å². The first-order chi connectivity index (χ1) is 5.24. The van der Waals surface area contributed by atoms with Gasteiger partial charge in [0.15, 0.2) is 0 Å². The fourth-order valence-corrected chi connectivity index (χ4v) is 1.06. The van der Waals surface area contributed by atoms with Crippen LogP contribution in [0.1, 0.15) is 11.1 Å². The molecule has 0 aromatic heterocycles. The summed E-state index contributed by atoms with van der Waals surface area (Å²) in [5, 5.41) is 8.66. The van der Waals surface area contributed by atoms with Gasteiger partial charge in [0.1, 0.15) is 0 Å². The first-order valence-corrected chi connectivity index (χ1v) is 3.70. The van der Waals surface area contributed by atoms with Crippen LogP contribution >= 0.6 is 0 Å². The molecule has 0 bridgehead atoms. The van der Waals surface area contributed by atoms with Crippen molar-refractivity contribution < 1.29 is 5.11 Å². The minimum absolute atomic E-state index is 0.160. The van der Waals surface area contributed by atoms with Crippen LogP contribution in [0, 0.1) is 6.92 Å². The Morgan fingerprint density at radius 1 is 1.45 bits per heavy atom. The smallest absolute Gasteiger partial charge is 0.0472 e. The third-order valence-corrected chi connectivity index (χ3v) is 1.68. The number of benzene rings is 1. The van der Waals surface area contributed by atoms with E-state index in [2.05, 4.69) is 0 Å². The maximum Gasteiger partial charge on any atom is 0.0472 e. The summed E-state index contributed by atoms with van der Waals surface area (Å²) in [5.41, 5.74) is 8.66. The molecule has 0 unspecified atom stereocenters. The minimum Gasteiger partial charge on any atom is -0.398 e. The first-order valence-electron chi connectivity index (χ1n) is 3.70. The second-order valence-corrected chi connectivity index (χ2v) is 2.68. The Bertz CT molecular complexity index is 245. The zero-order valence-electron chi connectivity index (χ0n) is 6.67. The van der Waals surface area contributed by atoms with Crippen molar-refractivity contribution in [3.8, 4) is 0 Å². The topological polar surface area (TPSA) is 46.2 Å². The molecular weight excluding hydrogens is 138 g/mol. The van der Waals surface area contributed by atoms with Crippen molar-refractivity contribution in [3.05, 3.63) is 29.3 Å². The molecule has 0 heterocycles. The van der Waals surface area contributed by atoms with Gasteiger partial charge in [0.05, 0.1) is 0 Å². The molecule has 11 heavy (non-hydrogen) atoms. The number of nitrogen functional groups attached to an aromatic ring is 1. The van der Waals surface area contributed by atoms with E-state index in [1.165, 1.54) is 0 Å². The van der Waals surface area contributed by atoms with Crippen molar-refractivity contribution in [1.29, 1.82) is 0 Å². The van der Waals surface area contributed by atoms with Crippen LogP contribution in [0.5, 0.6) is 0 Å². The Labute approximate surface area is 66.7 Å². The molecule has 0 radical (unpaired) electrons. The largest absolute Gasteiger partial charge is 0.398 e. The molecule has 2 heteroatoms. The fraction of sp³-hybridized carbons (Fsp3) is 0.333. The SMILES string of the molecule is Cc1ccc(CCO)c(N)c1. The normalized spacial score (nSPS) is 10.0. The molecule has 0 amide bonds. The average Bonchev–Trinajstić information content (AvgIpc) is 1.95. The number of hydrogen-bond donors (Lipinski definition) is 2. The summed E-state index contributed by atoms with van der Waals surface area (Å²) in [6, 6.07) is 5.88. The molecular formula is C9H13NO. The van der Waals surface area contributed by atoms with Crippen molar-refractivity contribution in [2.45, 2.75) is 13.3 Å². The fourth-order valence-electron chi connectivity index (χ4n) is 1.06. The molecule has 1 aromatic carbocycles. The van der Waals surface area contributed by atoms with Gasteiger partial charge in [-0.05, 0) is 30.5 Å². The molecule has 3 N–H and O–H groups in total. The summed E-state index contributed by atoms with van der Waals surface area (Å²) >= 11 is 0. The highest BCUT2D eigenvalue weighted by atomic mass is 16.2. The molecule has 0 aliphatic rings. The van der Waals surface area contributed by atoms with Crippen LogP contribution < -0.4 is 5.73 Å². The number of rotatable bonds is 2. The zero-order chi connectivity index (χ0) is 8.27. The van der Waals surface area contributed by atoms with Crippen molar-refractivity contribution in [2.24, 2.45) is 0 Å². The van der Waals surface area contributed by atoms with E-state index in [9.17, 15) is 0 Å². The van der Waals surface area contributed by atoms with Crippen LogP contribution in [0.4, 0.5) is 5.69 Å². The van der Waals surface area contributed by atoms with Crippen LogP contribution in [-0.2, 0) is 6.42 Å². The second kappa shape index (κ2) is 3.39. The Balaban J connectivity index is 2.90. The summed E-state index contributed by atoms with van der Waals surface area (Å²) in [4.78, 5) is 0. The van der Waals surface area contributed by atoms with Crippen molar-refractivity contribution in [2.75, 3.05) is 12.3 Å². The summed E-state index contributed by atoms with van der Waals surface area (Å²) < 4.78 is 0. The highest BCUT2D eigenvalue weighted by Gasteiger charge is 1.96. The summed E-state index contributed by atoms with van der Waals surface area (Å²) in [7, 11) is 0. The Morgan fingerprint density at radius 3 is 2.73 bits per heavy atom. The quantitative estimate of drug-likeness (QED) is 0.622. The number of aliphatic hydroxyl groups is 1. The third kappa shape index (κ3) is 1.95. The van der Waals surface area contributed by atoms with E-state index in [-0.39, 0.29) is 6.61 Å². The number of aliphatic hydroxyl groups excluding tert-OH is 1. The first kappa shape index (κ1) is 8.08. The Kier molecular flexibility index (Phi) is 2.49. The summed E-state index contributed by atoms with van der Waals surface area (Å²) in [5.74, 6) is 0. The maximum absolute atomic E-state index is 8.66. The maximum atomic E-state index is 8.66. The molecule has 0 spiro atoms. The number of anilines is 1. The van der Waals surface area contributed by atoms with Gasteiger partial charge >= 0.3 is 0 Å². The van der Waals surface area contributed by atoms with Crippen LogP contribution in [0.15, 0.2) is 18.2 Å². The highest BCUT2D eigenvalue weighted by molar-refractivity contribution is 5.48. The molecule has 2 nitrogen and oxygen atoms in total. The lowest BCUT2D eigenvalue weighted by molar-refractivity contribution is 0.300. The van der Waals surface area contributed by atoms with Gasteiger partial charge in [0.25, 0.3) is 0 Å².